The van der Waals surface area contributed by atoms with Crippen molar-refractivity contribution in [1.29, 1.82) is 0 Å². The SMILES string of the molecule is CC(=O)Nc1cc(NC(=O)NC2CCC(C(=O)O)CC2)ccc1F. The summed E-state index contributed by atoms with van der Waals surface area (Å²) in [6, 6.07) is 3.34. The van der Waals surface area contributed by atoms with Crippen molar-refractivity contribution in [2.24, 2.45) is 5.92 Å². The molecule has 0 radical (unpaired) electrons. The van der Waals surface area contributed by atoms with Gasteiger partial charge in [0, 0.05) is 18.7 Å². The number of amides is 3. The summed E-state index contributed by atoms with van der Waals surface area (Å²) >= 11 is 0. The summed E-state index contributed by atoms with van der Waals surface area (Å²) in [6.45, 7) is 1.26. The average Bonchev–Trinajstić information content (AvgIpc) is 2.50. The first-order valence-electron chi connectivity index (χ1n) is 7.72. The number of nitrogens with one attached hydrogen (secondary N) is 3. The largest absolute Gasteiger partial charge is 0.481 e. The Morgan fingerprint density at radius 2 is 1.79 bits per heavy atom. The van der Waals surface area contributed by atoms with E-state index >= 15 is 0 Å². The highest BCUT2D eigenvalue weighted by atomic mass is 19.1. The Balaban J connectivity index is 1.89. The van der Waals surface area contributed by atoms with Crippen molar-refractivity contribution in [3.05, 3.63) is 24.0 Å². The van der Waals surface area contributed by atoms with Gasteiger partial charge < -0.3 is 21.1 Å². The molecule has 0 bridgehead atoms. The van der Waals surface area contributed by atoms with Crippen LogP contribution in [0, 0.1) is 11.7 Å². The van der Waals surface area contributed by atoms with E-state index in [9.17, 15) is 18.8 Å². The van der Waals surface area contributed by atoms with Crippen LogP contribution in [0.25, 0.3) is 0 Å². The fourth-order valence-corrected chi connectivity index (χ4v) is 2.73. The van der Waals surface area contributed by atoms with Gasteiger partial charge in [-0.1, -0.05) is 0 Å². The number of hydrogen-bond acceptors (Lipinski definition) is 3. The van der Waals surface area contributed by atoms with Gasteiger partial charge in [-0.05, 0) is 43.9 Å². The lowest BCUT2D eigenvalue weighted by Gasteiger charge is -2.26. The smallest absolute Gasteiger partial charge is 0.319 e. The highest BCUT2D eigenvalue weighted by Gasteiger charge is 2.26. The number of carboxylic acid groups (broad SMARTS) is 1. The minimum Gasteiger partial charge on any atom is -0.481 e. The van der Waals surface area contributed by atoms with E-state index in [0.717, 1.165) is 6.07 Å². The predicted octanol–water partition coefficient (Wildman–Crippen LogP) is 2.55. The van der Waals surface area contributed by atoms with E-state index in [0.29, 0.717) is 31.4 Å². The molecule has 0 saturated heterocycles. The monoisotopic (exact) mass is 337 g/mol. The normalized spacial score (nSPS) is 20.1. The van der Waals surface area contributed by atoms with E-state index < -0.39 is 23.7 Å². The minimum absolute atomic E-state index is 0.0118. The maximum absolute atomic E-state index is 13.6. The Labute approximate surface area is 138 Å². The van der Waals surface area contributed by atoms with Gasteiger partial charge in [-0.25, -0.2) is 9.18 Å². The van der Waals surface area contributed by atoms with Crippen LogP contribution in [0.4, 0.5) is 20.6 Å². The topological polar surface area (TPSA) is 108 Å². The Morgan fingerprint density at radius 3 is 2.38 bits per heavy atom. The summed E-state index contributed by atoms with van der Waals surface area (Å²) in [5.74, 6) is -2.15. The van der Waals surface area contributed by atoms with E-state index in [1.807, 2.05) is 0 Å². The van der Waals surface area contributed by atoms with Crippen LogP contribution >= 0.6 is 0 Å². The molecule has 7 nitrogen and oxygen atoms in total. The Hall–Kier alpha value is -2.64. The van der Waals surface area contributed by atoms with Crippen LogP contribution in [0.2, 0.25) is 0 Å². The van der Waals surface area contributed by atoms with E-state index in [1.54, 1.807) is 0 Å². The second kappa shape index (κ2) is 7.76. The molecule has 4 N–H and O–H groups in total. The lowest BCUT2D eigenvalue weighted by molar-refractivity contribution is -0.142. The molecule has 1 aromatic carbocycles. The van der Waals surface area contributed by atoms with Crippen molar-refractivity contribution in [3.63, 3.8) is 0 Å². The Kier molecular flexibility index (Phi) is 5.73. The summed E-state index contributed by atoms with van der Waals surface area (Å²) in [5.41, 5.74) is 0.333. The van der Waals surface area contributed by atoms with Crippen LogP contribution in [-0.4, -0.2) is 29.1 Å². The minimum atomic E-state index is -0.797. The number of hydrogen-bond donors (Lipinski definition) is 4. The molecule has 1 fully saturated rings. The molecule has 1 aliphatic carbocycles. The summed E-state index contributed by atoms with van der Waals surface area (Å²) in [6.07, 6.45) is 2.27. The maximum Gasteiger partial charge on any atom is 0.319 e. The number of rotatable bonds is 4. The molecule has 0 unspecified atom stereocenters. The lowest BCUT2D eigenvalue weighted by atomic mass is 9.86. The van der Waals surface area contributed by atoms with Crippen molar-refractivity contribution < 1.29 is 23.9 Å². The number of carboxylic acids is 1. The van der Waals surface area contributed by atoms with Gasteiger partial charge in [0.15, 0.2) is 0 Å². The van der Waals surface area contributed by atoms with E-state index in [2.05, 4.69) is 16.0 Å². The van der Waals surface area contributed by atoms with Gasteiger partial charge in [-0.15, -0.1) is 0 Å². The fraction of sp³-hybridized carbons (Fsp3) is 0.438. The maximum atomic E-state index is 13.6. The van der Waals surface area contributed by atoms with Gasteiger partial charge in [-0.3, -0.25) is 9.59 Å². The fourth-order valence-electron chi connectivity index (χ4n) is 2.73. The zero-order valence-electron chi connectivity index (χ0n) is 13.3. The van der Waals surface area contributed by atoms with Crippen molar-refractivity contribution in [3.8, 4) is 0 Å². The van der Waals surface area contributed by atoms with Crippen molar-refractivity contribution in [1.82, 2.24) is 5.32 Å². The number of carbonyl (C=O) groups is 3. The zero-order valence-corrected chi connectivity index (χ0v) is 13.3. The molecular formula is C16H20FN3O4. The van der Waals surface area contributed by atoms with E-state index in [1.165, 1.54) is 19.1 Å². The van der Waals surface area contributed by atoms with Crippen LogP contribution in [0.5, 0.6) is 0 Å². The summed E-state index contributed by atoms with van der Waals surface area (Å²) in [5, 5.41) is 16.7. The number of carbonyl (C=O) groups excluding carboxylic acids is 2. The molecule has 130 valence electrons. The lowest BCUT2D eigenvalue weighted by Crippen LogP contribution is -2.41. The quantitative estimate of drug-likeness (QED) is 0.677. The molecule has 0 aliphatic heterocycles. The first-order valence-corrected chi connectivity index (χ1v) is 7.72. The molecule has 0 spiro atoms. The van der Waals surface area contributed by atoms with Gasteiger partial charge in [0.05, 0.1) is 11.6 Å². The molecule has 2 rings (SSSR count). The van der Waals surface area contributed by atoms with Crippen LogP contribution in [0.1, 0.15) is 32.6 Å². The third-order valence-corrected chi connectivity index (χ3v) is 3.95. The van der Waals surface area contributed by atoms with Gasteiger partial charge >= 0.3 is 12.0 Å². The van der Waals surface area contributed by atoms with Crippen molar-refractivity contribution >= 4 is 29.3 Å². The number of anilines is 2. The molecule has 1 aliphatic rings. The van der Waals surface area contributed by atoms with E-state index in [4.69, 9.17) is 5.11 Å². The van der Waals surface area contributed by atoms with Gasteiger partial charge in [0.2, 0.25) is 5.91 Å². The standard InChI is InChI=1S/C16H20FN3O4/c1-9(21)18-14-8-12(6-7-13(14)17)20-16(24)19-11-4-2-10(3-5-11)15(22)23/h6-8,10-11H,2-5H2,1H3,(H,18,21)(H,22,23)(H2,19,20,24). The number of urea groups is 1. The second-order valence-electron chi connectivity index (χ2n) is 5.86. The molecule has 0 atom stereocenters. The Bertz CT molecular complexity index is 642. The number of halogens is 1. The average molecular weight is 337 g/mol. The molecule has 8 heteroatoms. The molecule has 0 aromatic heterocycles. The van der Waals surface area contributed by atoms with Crippen LogP contribution in [0.3, 0.4) is 0 Å². The molecular weight excluding hydrogens is 317 g/mol. The van der Waals surface area contributed by atoms with Crippen LogP contribution < -0.4 is 16.0 Å². The van der Waals surface area contributed by atoms with Gasteiger partial charge in [-0.2, -0.15) is 0 Å². The summed E-state index contributed by atoms with van der Waals surface area (Å²) < 4.78 is 13.6. The molecule has 1 saturated carbocycles. The summed E-state index contributed by atoms with van der Waals surface area (Å²) in [4.78, 5) is 33.9. The van der Waals surface area contributed by atoms with Crippen molar-refractivity contribution in [2.45, 2.75) is 38.6 Å². The van der Waals surface area contributed by atoms with Crippen LogP contribution in [0.15, 0.2) is 18.2 Å². The zero-order chi connectivity index (χ0) is 17.7. The van der Waals surface area contributed by atoms with E-state index in [-0.39, 0.29) is 17.6 Å². The molecule has 3 amide bonds. The molecule has 0 heterocycles. The van der Waals surface area contributed by atoms with Gasteiger partial charge in [0.25, 0.3) is 0 Å². The number of benzene rings is 1. The highest BCUT2D eigenvalue weighted by molar-refractivity contribution is 5.92. The van der Waals surface area contributed by atoms with Gasteiger partial charge in [0.1, 0.15) is 5.82 Å². The second-order valence-corrected chi connectivity index (χ2v) is 5.86. The first-order chi connectivity index (χ1) is 11.3. The third kappa shape index (κ3) is 4.94. The Morgan fingerprint density at radius 1 is 1.12 bits per heavy atom. The highest BCUT2D eigenvalue weighted by Crippen LogP contribution is 2.24. The number of aliphatic carboxylic acids is 1. The molecule has 24 heavy (non-hydrogen) atoms. The molecule has 1 aromatic rings. The predicted molar refractivity (Wildman–Crippen MR) is 86.2 cm³/mol. The van der Waals surface area contributed by atoms with Crippen molar-refractivity contribution in [2.75, 3.05) is 10.6 Å². The first kappa shape index (κ1) is 17.7. The summed E-state index contributed by atoms with van der Waals surface area (Å²) in [7, 11) is 0. The third-order valence-electron chi connectivity index (χ3n) is 3.95. The van der Waals surface area contributed by atoms with Crippen LogP contribution in [-0.2, 0) is 9.59 Å².